The van der Waals surface area contributed by atoms with E-state index in [9.17, 15) is 9.90 Å². The standard InChI is InChI=1S/C22H34Cl3NO6Si/c1-21(2,3)33(5,6)31-13-15-18(30-12-14-10-8-7-9-11-14)17(27)16(19(29-4)32-15)26-20(28)22(23,24)25/h7-11,15-19,27H,12-13H2,1-6H3,(H,26,28)/t15-,16-,17-,18+,19-/m1/s1. The van der Waals surface area contributed by atoms with Crippen LogP contribution in [0.25, 0.3) is 0 Å². The molecule has 7 nitrogen and oxygen atoms in total. The highest BCUT2D eigenvalue weighted by Crippen LogP contribution is 2.37. The van der Waals surface area contributed by atoms with Gasteiger partial charge in [0.25, 0.3) is 9.70 Å². The van der Waals surface area contributed by atoms with Gasteiger partial charge >= 0.3 is 0 Å². The summed E-state index contributed by atoms with van der Waals surface area (Å²) in [6.07, 6.45) is -3.69. The molecule has 0 radical (unpaired) electrons. The maximum Gasteiger partial charge on any atom is 0.272 e. The molecular formula is C22H34Cl3NO6Si. The molecule has 11 heteroatoms. The van der Waals surface area contributed by atoms with Crippen molar-refractivity contribution in [2.45, 2.75) is 79.9 Å². The average molecular weight is 543 g/mol. The van der Waals surface area contributed by atoms with Crippen LogP contribution in [0, 0.1) is 0 Å². The van der Waals surface area contributed by atoms with E-state index in [4.69, 9.17) is 53.4 Å². The first-order valence-corrected chi connectivity index (χ1v) is 14.7. The van der Waals surface area contributed by atoms with Crippen molar-refractivity contribution in [1.82, 2.24) is 5.32 Å². The summed E-state index contributed by atoms with van der Waals surface area (Å²) in [6.45, 7) is 11.1. The Morgan fingerprint density at radius 1 is 1.18 bits per heavy atom. The molecule has 0 unspecified atom stereocenters. The smallest absolute Gasteiger partial charge is 0.272 e. The fraction of sp³-hybridized carbons (Fsp3) is 0.682. The average Bonchev–Trinajstić information content (AvgIpc) is 2.72. The van der Waals surface area contributed by atoms with Crippen LogP contribution < -0.4 is 5.32 Å². The van der Waals surface area contributed by atoms with Crippen LogP contribution in [0.2, 0.25) is 18.1 Å². The lowest BCUT2D eigenvalue weighted by Gasteiger charge is -2.45. The van der Waals surface area contributed by atoms with Gasteiger partial charge in [-0.05, 0) is 23.7 Å². The van der Waals surface area contributed by atoms with Crippen molar-refractivity contribution in [3.05, 3.63) is 35.9 Å². The molecule has 1 aliphatic heterocycles. The highest BCUT2D eigenvalue weighted by Gasteiger charge is 2.49. The van der Waals surface area contributed by atoms with Crippen LogP contribution in [0.5, 0.6) is 0 Å². The van der Waals surface area contributed by atoms with E-state index in [1.54, 1.807) is 0 Å². The number of hydrogen-bond donors (Lipinski definition) is 2. The number of rotatable bonds is 8. The Hall–Kier alpha value is -0.423. The van der Waals surface area contributed by atoms with Gasteiger partial charge in [-0.3, -0.25) is 4.79 Å². The normalized spacial score (nSPS) is 26.8. The van der Waals surface area contributed by atoms with E-state index >= 15 is 0 Å². The molecular weight excluding hydrogens is 509 g/mol. The molecule has 0 saturated carbocycles. The molecule has 0 aromatic heterocycles. The molecule has 1 aliphatic rings. The number of halogens is 3. The molecule has 1 fully saturated rings. The number of benzene rings is 1. The van der Waals surface area contributed by atoms with E-state index in [0.717, 1.165) is 5.56 Å². The third-order valence-electron chi connectivity index (χ3n) is 6.16. The second kappa shape index (κ2) is 11.5. The van der Waals surface area contributed by atoms with Gasteiger partial charge in [-0.1, -0.05) is 85.9 Å². The van der Waals surface area contributed by atoms with E-state index in [-0.39, 0.29) is 18.3 Å². The second-order valence-electron chi connectivity index (χ2n) is 9.60. The molecule has 0 spiro atoms. The zero-order valence-electron chi connectivity index (χ0n) is 19.8. The van der Waals surface area contributed by atoms with Crippen LogP contribution in [-0.2, 0) is 30.0 Å². The molecule has 188 valence electrons. The van der Waals surface area contributed by atoms with Gasteiger partial charge in [0.1, 0.15) is 24.4 Å². The number of alkyl halides is 3. The van der Waals surface area contributed by atoms with E-state index < -0.39 is 48.7 Å². The molecule has 2 N–H and O–H groups in total. The summed E-state index contributed by atoms with van der Waals surface area (Å²) in [5.74, 6) is -0.903. The minimum Gasteiger partial charge on any atom is -0.414 e. The molecule has 5 atom stereocenters. The van der Waals surface area contributed by atoms with Crippen molar-refractivity contribution in [1.29, 1.82) is 0 Å². The van der Waals surface area contributed by atoms with Gasteiger partial charge < -0.3 is 29.1 Å². The number of amides is 1. The number of nitrogens with one attached hydrogen (secondary N) is 1. The minimum atomic E-state index is -2.21. The molecule has 1 heterocycles. The summed E-state index contributed by atoms with van der Waals surface area (Å²) >= 11 is 17.1. The molecule has 33 heavy (non-hydrogen) atoms. The Morgan fingerprint density at radius 3 is 2.30 bits per heavy atom. The Kier molecular flexibility index (Phi) is 10.1. The predicted molar refractivity (Wildman–Crippen MR) is 132 cm³/mol. The van der Waals surface area contributed by atoms with E-state index in [1.165, 1.54) is 7.11 Å². The second-order valence-corrected chi connectivity index (χ2v) is 16.7. The SMILES string of the molecule is CO[C@@H]1O[C@H](CO[Si](C)(C)C(C)(C)C)[C@H](OCc2ccccc2)[C@H](O)[C@H]1NC(=O)C(Cl)(Cl)Cl. The van der Waals surface area contributed by atoms with Crippen molar-refractivity contribution in [2.75, 3.05) is 13.7 Å². The highest BCUT2D eigenvalue weighted by molar-refractivity contribution is 6.76. The number of carbonyl (C=O) groups is 1. The lowest BCUT2D eigenvalue weighted by Crippen LogP contribution is -2.66. The monoisotopic (exact) mass is 541 g/mol. The van der Waals surface area contributed by atoms with Gasteiger partial charge in [0.05, 0.1) is 13.2 Å². The van der Waals surface area contributed by atoms with Gasteiger partial charge in [-0.25, -0.2) is 0 Å². The van der Waals surface area contributed by atoms with Crippen LogP contribution in [-0.4, -0.2) is 67.5 Å². The van der Waals surface area contributed by atoms with Crippen LogP contribution in [0.4, 0.5) is 0 Å². The molecule has 1 aromatic rings. The lowest BCUT2D eigenvalue weighted by molar-refractivity contribution is -0.272. The molecule has 1 saturated heterocycles. The van der Waals surface area contributed by atoms with E-state index in [0.29, 0.717) is 0 Å². The maximum atomic E-state index is 12.3. The van der Waals surface area contributed by atoms with Crippen LogP contribution in [0.1, 0.15) is 26.3 Å². The van der Waals surface area contributed by atoms with Crippen LogP contribution in [0.15, 0.2) is 30.3 Å². The summed E-state index contributed by atoms with van der Waals surface area (Å²) in [5.41, 5.74) is 0.921. The molecule has 1 amide bonds. The predicted octanol–water partition coefficient (Wildman–Crippen LogP) is 4.18. The fourth-order valence-corrected chi connectivity index (χ4v) is 4.30. The first kappa shape index (κ1) is 28.8. The van der Waals surface area contributed by atoms with Gasteiger partial charge in [-0.2, -0.15) is 0 Å². The van der Waals surface area contributed by atoms with Gasteiger partial charge in [0, 0.05) is 7.11 Å². The number of methoxy groups -OCH3 is 1. The summed E-state index contributed by atoms with van der Waals surface area (Å²) in [7, 11) is -0.702. The Labute approximate surface area is 212 Å². The first-order valence-electron chi connectivity index (χ1n) is 10.7. The minimum absolute atomic E-state index is 0.0117. The van der Waals surface area contributed by atoms with E-state index in [1.807, 2.05) is 30.3 Å². The Morgan fingerprint density at radius 2 is 1.79 bits per heavy atom. The van der Waals surface area contributed by atoms with Crippen LogP contribution in [0.3, 0.4) is 0 Å². The zero-order chi connectivity index (χ0) is 25.0. The molecule has 0 bridgehead atoms. The topological polar surface area (TPSA) is 86.2 Å². The Bertz CT molecular complexity index is 772. The van der Waals surface area contributed by atoms with Crippen molar-refractivity contribution in [3.8, 4) is 0 Å². The van der Waals surface area contributed by atoms with Gasteiger partial charge in [-0.15, -0.1) is 0 Å². The summed E-state index contributed by atoms with van der Waals surface area (Å²) in [6, 6.07) is 8.51. The van der Waals surface area contributed by atoms with Crippen molar-refractivity contribution in [2.24, 2.45) is 0 Å². The molecule has 2 rings (SSSR count). The summed E-state index contributed by atoms with van der Waals surface area (Å²) < 4.78 is 21.7. The number of aliphatic hydroxyl groups is 1. The number of hydrogen-bond acceptors (Lipinski definition) is 6. The Balaban J connectivity index is 2.25. The van der Waals surface area contributed by atoms with Crippen molar-refractivity contribution < 1.29 is 28.5 Å². The number of aliphatic hydroxyl groups excluding tert-OH is 1. The van der Waals surface area contributed by atoms with Crippen LogP contribution >= 0.6 is 34.8 Å². The summed E-state index contributed by atoms with van der Waals surface area (Å²) in [5, 5.41) is 13.7. The van der Waals surface area contributed by atoms with Crippen molar-refractivity contribution in [3.63, 3.8) is 0 Å². The van der Waals surface area contributed by atoms with E-state index in [2.05, 4.69) is 39.2 Å². The number of carbonyl (C=O) groups excluding carboxylic acids is 1. The molecule has 1 aromatic carbocycles. The number of ether oxygens (including phenoxy) is 3. The summed E-state index contributed by atoms with van der Waals surface area (Å²) in [4.78, 5) is 12.3. The third-order valence-corrected chi connectivity index (χ3v) is 11.2. The third kappa shape index (κ3) is 7.78. The quantitative estimate of drug-likeness (QED) is 0.379. The maximum absolute atomic E-state index is 12.3. The lowest BCUT2D eigenvalue weighted by atomic mass is 9.96. The zero-order valence-corrected chi connectivity index (χ0v) is 23.1. The fourth-order valence-electron chi connectivity index (χ4n) is 3.12. The van der Waals surface area contributed by atoms with Gasteiger partial charge in [0.2, 0.25) is 0 Å². The van der Waals surface area contributed by atoms with Gasteiger partial charge in [0.15, 0.2) is 14.6 Å². The largest absolute Gasteiger partial charge is 0.414 e. The van der Waals surface area contributed by atoms with Crippen molar-refractivity contribution >= 4 is 49.0 Å². The first-order chi connectivity index (χ1) is 15.2. The molecule has 0 aliphatic carbocycles. The highest BCUT2D eigenvalue weighted by atomic mass is 35.6.